The number of hydrogen-bond acceptors (Lipinski definition) is 3. The van der Waals surface area contributed by atoms with E-state index in [1.165, 1.54) is 10.5 Å². The van der Waals surface area contributed by atoms with Crippen molar-refractivity contribution in [3.8, 4) is 6.07 Å². The van der Waals surface area contributed by atoms with Crippen LogP contribution < -0.4 is 5.32 Å². The summed E-state index contributed by atoms with van der Waals surface area (Å²) in [5.41, 5.74) is 1.36. The van der Waals surface area contributed by atoms with Gasteiger partial charge in [0.15, 0.2) is 0 Å². The van der Waals surface area contributed by atoms with E-state index in [0.29, 0.717) is 5.92 Å². The van der Waals surface area contributed by atoms with E-state index < -0.39 is 0 Å². The quantitative estimate of drug-likeness (QED) is 0.759. The van der Waals surface area contributed by atoms with Crippen molar-refractivity contribution in [2.45, 2.75) is 44.0 Å². The number of thioether (sulfide) groups is 1. The van der Waals surface area contributed by atoms with E-state index in [4.69, 9.17) is 5.26 Å². The lowest BCUT2D eigenvalue weighted by molar-refractivity contribution is 0.637. The minimum atomic E-state index is -0.0558. The number of hydrogen-bond donors (Lipinski definition) is 1. The van der Waals surface area contributed by atoms with Crippen LogP contribution in [-0.2, 0) is 0 Å². The van der Waals surface area contributed by atoms with Gasteiger partial charge in [-0.2, -0.15) is 5.26 Å². The third-order valence-corrected chi connectivity index (χ3v) is 3.87. The molecule has 0 aliphatic carbocycles. The highest BCUT2D eigenvalue weighted by Crippen LogP contribution is 2.22. The number of rotatable bonds is 7. The summed E-state index contributed by atoms with van der Waals surface area (Å²) in [7, 11) is 0. The summed E-state index contributed by atoms with van der Waals surface area (Å²) in [6.07, 6.45) is 1.06. The highest BCUT2D eigenvalue weighted by molar-refractivity contribution is 7.99. The molecular weight excluding hydrogens is 240 g/mol. The molecule has 1 aromatic rings. The van der Waals surface area contributed by atoms with Gasteiger partial charge in [-0.1, -0.05) is 32.9 Å². The zero-order valence-electron chi connectivity index (χ0n) is 11.4. The van der Waals surface area contributed by atoms with E-state index in [1.54, 1.807) is 11.8 Å². The first kappa shape index (κ1) is 15.1. The summed E-state index contributed by atoms with van der Waals surface area (Å²) in [6, 6.07) is 10.9. The second-order valence-corrected chi connectivity index (χ2v) is 5.76. The third kappa shape index (κ3) is 5.12. The molecule has 1 rings (SSSR count). The average molecular weight is 262 g/mol. The molecule has 0 amide bonds. The summed E-state index contributed by atoms with van der Waals surface area (Å²) in [5.74, 6) is 1.37. The van der Waals surface area contributed by atoms with Crippen molar-refractivity contribution in [1.82, 2.24) is 5.32 Å². The lowest BCUT2D eigenvalue weighted by Crippen LogP contribution is -2.30. The highest BCUT2D eigenvalue weighted by Gasteiger charge is 2.06. The summed E-state index contributed by atoms with van der Waals surface area (Å²) in [6.45, 7) is 7.41. The van der Waals surface area contributed by atoms with Crippen molar-refractivity contribution in [1.29, 1.82) is 5.26 Å². The summed E-state index contributed by atoms with van der Waals surface area (Å²) in [5, 5.41) is 12.3. The van der Waals surface area contributed by atoms with Crippen LogP contribution in [0.3, 0.4) is 0 Å². The van der Waals surface area contributed by atoms with Gasteiger partial charge in [0.1, 0.15) is 6.04 Å². The van der Waals surface area contributed by atoms with Crippen molar-refractivity contribution >= 4 is 11.8 Å². The monoisotopic (exact) mass is 262 g/mol. The first-order valence-electron chi connectivity index (χ1n) is 6.53. The molecule has 0 fully saturated rings. The molecule has 3 heteroatoms. The lowest BCUT2D eigenvalue weighted by atomic mass is 10.0. The zero-order valence-corrected chi connectivity index (χ0v) is 12.3. The third-order valence-electron chi connectivity index (χ3n) is 2.76. The van der Waals surface area contributed by atoms with Crippen molar-refractivity contribution < 1.29 is 0 Å². The molecule has 1 unspecified atom stereocenters. The van der Waals surface area contributed by atoms with Crippen LogP contribution in [0.4, 0.5) is 0 Å². The van der Waals surface area contributed by atoms with Gasteiger partial charge in [0, 0.05) is 10.6 Å². The van der Waals surface area contributed by atoms with Gasteiger partial charge in [-0.15, -0.1) is 11.8 Å². The van der Waals surface area contributed by atoms with Gasteiger partial charge < -0.3 is 5.32 Å². The van der Waals surface area contributed by atoms with Crippen LogP contribution in [0.1, 0.15) is 38.7 Å². The Morgan fingerprint density at radius 3 is 2.44 bits per heavy atom. The Balaban J connectivity index is 2.45. The van der Waals surface area contributed by atoms with Crippen molar-refractivity contribution in [2.75, 3.05) is 12.3 Å². The molecule has 2 nitrogen and oxygen atoms in total. The van der Waals surface area contributed by atoms with Crippen LogP contribution in [0.15, 0.2) is 29.2 Å². The topological polar surface area (TPSA) is 35.8 Å². The normalized spacial score (nSPS) is 12.4. The maximum absolute atomic E-state index is 9.02. The molecule has 0 radical (unpaired) electrons. The largest absolute Gasteiger partial charge is 0.301 e. The first-order chi connectivity index (χ1) is 8.67. The van der Waals surface area contributed by atoms with E-state index in [9.17, 15) is 0 Å². The minimum absolute atomic E-state index is 0.0558. The van der Waals surface area contributed by atoms with E-state index in [-0.39, 0.29) is 6.04 Å². The van der Waals surface area contributed by atoms with E-state index >= 15 is 0 Å². The van der Waals surface area contributed by atoms with Crippen LogP contribution in [0, 0.1) is 11.3 Å². The van der Waals surface area contributed by atoms with Gasteiger partial charge in [-0.05, 0) is 36.6 Å². The van der Waals surface area contributed by atoms with E-state index in [2.05, 4.69) is 56.4 Å². The molecule has 1 atom stereocenters. The molecule has 1 aromatic carbocycles. The van der Waals surface area contributed by atoms with E-state index in [1.807, 2.05) is 0 Å². The Morgan fingerprint density at radius 1 is 1.28 bits per heavy atom. The molecule has 0 aromatic heterocycles. The summed E-state index contributed by atoms with van der Waals surface area (Å²) >= 11 is 1.74. The Bertz CT molecular complexity index is 378. The fraction of sp³-hybridized carbons (Fsp3) is 0.533. The molecule has 98 valence electrons. The predicted octanol–water partition coefficient (Wildman–Crippen LogP) is 3.79. The van der Waals surface area contributed by atoms with E-state index in [0.717, 1.165) is 18.7 Å². The van der Waals surface area contributed by atoms with Crippen molar-refractivity contribution in [2.24, 2.45) is 0 Å². The molecule has 0 heterocycles. The molecule has 0 bridgehead atoms. The second-order valence-electron chi connectivity index (χ2n) is 4.67. The minimum Gasteiger partial charge on any atom is -0.301 e. The molecule has 0 saturated carbocycles. The molecule has 0 aliphatic heterocycles. The standard InChI is InChI=1S/C15H22N2S/c1-4-9-17-14(10-16)11-18-15-7-5-13(6-8-15)12(2)3/h5-8,12,14,17H,4,9,11H2,1-3H3. The number of nitrogens with zero attached hydrogens (tertiary/aromatic N) is 1. The fourth-order valence-electron chi connectivity index (χ4n) is 1.59. The fourth-order valence-corrected chi connectivity index (χ4v) is 2.47. The van der Waals surface area contributed by atoms with Crippen LogP contribution >= 0.6 is 11.8 Å². The van der Waals surface area contributed by atoms with Crippen LogP contribution in [0.2, 0.25) is 0 Å². The molecule has 0 aliphatic rings. The second kappa shape index (κ2) is 8.18. The highest BCUT2D eigenvalue weighted by atomic mass is 32.2. The van der Waals surface area contributed by atoms with Gasteiger partial charge in [0.2, 0.25) is 0 Å². The summed E-state index contributed by atoms with van der Waals surface area (Å²) < 4.78 is 0. The van der Waals surface area contributed by atoms with Gasteiger partial charge >= 0.3 is 0 Å². The zero-order chi connectivity index (χ0) is 13.4. The molecule has 1 N–H and O–H groups in total. The maximum atomic E-state index is 9.02. The summed E-state index contributed by atoms with van der Waals surface area (Å²) in [4.78, 5) is 1.23. The smallest absolute Gasteiger partial charge is 0.105 e. The van der Waals surface area contributed by atoms with Gasteiger partial charge in [0.05, 0.1) is 6.07 Å². The average Bonchev–Trinajstić information content (AvgIpc) is 2.39. The number of nitrogens with one attached hydrogen (secondary N) is 1. The predicted molar refractivity (Wildman–Crippen MR) is 78.9 cm³/mol. The molecule has 0 spiro atoms. The van der Waals surface area contributed by atoms with Crippen molar-refractivity contribution in [3.63, 3.8) is 0 Å². The van der Waals surface area contributed by atoms with Gasteiger partial charge in [-0.25, -0.2) is 0 Å². The van der Waals surface area contributed by atoms with Crippen LogP contribution in [-0.4, -0.2) is 18.3 Å². The molecular formula is C15H22N2S. The Kier molecular flexibility index (Phi) is 6.85. The SMILES string of the molecule is CCCNC(C#N)CSc1ccc(C(C)C)cc1. The Labute approximate surface area is 115 Å². The number of benzene rings is 1. The Hall–Kier alpha value is -0.980. The van der Waals surface area contributed by atoms with Gasteiger partial charge in [0.25, 0.3) is 0 Å². The van der Waals surface area contributed by atoms with Crippen LogP contribution in [0.25, 0.3) is 0 Å². The maximum Gasteiger partial charge on any atom is 0.105 e. The molecule has 18 heavy (non-hydrogen) atoms. The lowest BCUT2D eigenvalue weighted by Gasteiger charge is -2.11. The number of nitriles is 1. The van der Waals surface area contributed by atoms with Gasteiger partial charge in [-0.3, -0.25) is 0 Å². The van der Waals surface area contributed by atoms with Crippen molar-refractivity contribution in [3.05, 3.63) is 29.8 Å². The Morgan fingerprint density at radius 2 is 1.94 bits per heavy atom. The first-order valence-corrected chi connectivity index (χ1v) is 7.51. The van der Waals surface area contributed by atoms with Crippen LogP contribution in [0.5, 0.6) is 0 Å². The molecule has 0 saturated heterocycles.